The molecule has 1 aromatic heterocycles. The molecule has 0 saturated heterocycles. The van der Waals surface area contributed by atoms with E-state index in [-0.39, 0.29) is 6.01 Å². The lowest BCUT2D eigenvalue weighted by molar-refractivity contribution is 0.348. The van der Waals surface area contributed by atoms with Gasteiger partial charge >= 0.3 is 6.01 Å². The first kappa shape index (κ1) is 13.2. The van der Waals surface area contributed by atoms with E-state index in [1.807, 2.05) is 0 Å². The third-order valence-corrected chi connectivity index (χ3v) is 2.49. The molecule has 0 spiro atoms. The lowest BCUT2D eigenvalue weighted by Gasteiger charge is -2.09. The molecule has 0 aliphatic heterocycles. The molecule has 0 fully saturated rings. The summed E-state index contributed by atoms with van der Waals surface area (Å²) in [6, 6.07) is 6.48. The smallest absolute Gasteiger partial charge is 0.328 e. The molecule has 0 saturated carbocycles. The van der Waals surface area contributed by atoms with E-state index in [0.717, 1.165) is 0 Å². The normalized spacial score (nSPS) is 10.1. The SMILES string of the molecule is COc1cc(OC)nc(Oc2ccc(Cl)cc2N)n1. The van der Waals surface area contributed by atoms with E-state index >= 15 is 0 Å². The molecular weight excluding hydrogens is 270 g/mol. The van der Waals surface area contributed by atoms with Gasteiger partial charge in [-0.1, -0.05) is 11.6 Å². The highest BCUT2D eigenvalue weighted by Crippen LogP contribution is 2.29. The molecule has 0 radical (unpaired) electrons. The molecule has 2 aromatic rings. The summed E-state index contributed by atoms with van der Waals surface area (Å²) in [5, 5.41) is 0.522. The van der Waals surface area contributed by atoms with Crippen LogP contribution in [0.4, 0.5) is 5.69 Å². The molecule has 0 aliphatic carbocycles. The summed E-state index contributed by atoms with van der Waals surface area (Å²) in [7, 11) is 2.98. The van der Waals surface area contributed by atoms with Crippen molar-refractivity contribution in [3.63, 3.8) is 0 Å². The van der Waals surface area contributed by atoms with Crippen LogP contribution in [0.25, 0.3) is 0 Å². The summed E-state index contributed by atoms with van der Waals surface area (Å²) in [6.45, 7) is 0. The van der Waals surface area contributed by atoms with Crippen molar-refractivity contribution in [2.45, 2.75) is 0 Å². The van der Waals surface area contributed by atoms with Gasteiger partial charge in [-0.05, 0) is 18.2 Å². The number of benzene rings is 1. The number of nitrogen functional groups attached to an aromatic ring is 1. The fraction of sp³-hybridized carbons (Fsp3) is 0.167. The molecule has 0 atom stereocenters. The maximum Gasteiger partial charge on any atom is 0.328 e. The second-order valence-corrected chi connectivity index (χ2v) is 3.96. The molecule has 0 amide bonds. The average Bonchev–Trinajstić information content (AvgIpc) is 2.41. The Labute approximate surface area is 115 Å². The van der Waals surface area contributed by atoms with E-state index in [1.54, 1.807) is 18.2 Å². The summed E-state index contributed by atoms with van der Waals surface area (Å²) < 4.78 is 15.5. The van der Waals surface area contributed by atoms with Crippen LogP contribution in [0.2, 0.25) is 5.02 Å². The van der Waals surface area contributed by atoms with Crippen molar-refractivity contribution in [3.8, 4) is 23.5 Å². The zero-order valence-corrected chi connectivity index (χ0v) is 11.1. The fourth-order valence-corrected chi connectivity index (χ4v) is 1.53. The molecule has 2 N–H and O–H groups in total. The highest BCUT2D eigenvalue weighted by atomic mass is 35.5. The Kier molecular flexibility index (Phi) is 3.91. The van der Waals surface area contributed by atoms with Crippen molar-refractivity contribution < 1.29 is 14.2 Å². The number of nitrogens with zero attached hydrogens (tertiary/aromatic N) is 2. The molecule has 19 heavy (non-hydrogen) atoms. The molecule has 0 unspecified atom stereocenters. The number of nitrogens with two attached hydrogens (primary N) is 1. The summed E-state index contributed by atoms with van der Waals surface area (Å²) in [5.74, 6) is 1.06. The van der Waals surface area contributed by atoms with Gasteiger partial charge in [0.1, 0.15) is 0 Å². The van der Waals surface area contributed by atoms with E-state index in [1.165, 1.54) is 20.3 Å². The number of hydrogen-bond donors (Lipinski definition) is 1. The monoisotopic (exact) mass is 281 g/mol. The van der Waals surface area contributed by atoms with Crippen LogP contribution >= 0.6 is 11.6 Å². The number of methoxy groups -OCH3 is 2. The van der Waals surface area contributed by atoms with E-state index in [9.17, 15) is 0 Å². The van der Waals surface area contributed by atoms with Crippen molar-refractivity contribution >= 4 is 17.3 Å². The van der Waals surface area contributed by atoms with Crippen molar-refractivity contribution in [1.29, 1.82) is 0 Å². The Hall–Kier alpha value is -2.21. The van der Waals surface area contributed by atoms with Gasteiger partial charge in [-0.15, -0.1) is 0 Å². The van der Waals surface area contributed by atoms with Crippen LogP contribution in [0.1, 0.15) is 0 Å². The van der Waals surface area contributed by atoms with Crippen molar-refractivity contribution in [2.24, 2.45) is 0 Å². The van der Waals surface area contributed by atoms with Crippen LogP contribution in [0.15, 0.2) is 24.3 Å². The molecular formula is C12H12ClN3O3. The predicted molar refractivity (Wildman–Crippen MR) is 71.1 cm³/mol. The predicted octanol–water partition coefficient (Wildman–Crippen LogP) is 2.52. The summed E-state index contributed by atoms with van der Waals surface area (Å²) in [5.41, 5.74) is 6.17. The molecule has 100 valence electrons. The largest absolute Gasteiger partial charge is 0.481 e. The fourth-order valence-electron chi connectivity index (χ4n) is 1.35. The summed E-state index contributed by atoms with van der Waals surface area (Å²) in [6.07, 6.45) is 0. The zero-order chi connectivity index (χ0) is 13.8. The second kappa shape index (κ2) is 5.62. The van der Waals surface area contributed by atoms with Crippen LogP contribution in [-0.4, -0.2) is 24.2 Å². The van der Waals surface area contributed by atoms with E-state index < -0.39 is 0 Å². The van der Waals surface area contributed by atoms with Gasteiger partial charge in [-0.25, -0.2) is 0 Å². The van der Waals surface area contributed by atoms with Gasteiger partial charge in [0.05, 0.1) is 26.0 Å². The van der Waals surface area contributed by atoms with Gasteiger partial charge in [0.25, 0.3) is 0 Å². The Bertz CT molecular complexity index is 570. The molecule has 0 bridgehead atoms. The van der Waals surface area contributed by atoms with Gasteiger partial charge in [-0.3, -0.25) is 0 Å². The minimum absolute atomic E-state index is 0.0743. The zero-order valence-electron chi connectivity index (χ0n) is 10.4. The highest BCUT2D eigenvalue weighted by molar-refractivity contribution is 6.30. The molecule has 0 aliphatic rings. The van der Waals surface area contributed by atoms with Gasteiger partial charge in [0.2, 0.25) is 11.8 Å². The van der Waals surface area contributed by atoms with E-state index in [4.69, 9.17) is 31.5 Å². The van der Waals surface area contributed by atoms with Gasteiger partial charge in [0, 0.05) is 5.02 Å². The molecule has 1 heterocycles. The van der Waals surface area contributed by atoms with Gasteiger partial charge in [-0.2, -0.15) is 9.97 Å². The second-order valence-electron chi connectivity index (χ2n) is 3.52. The van der Waals surface area contributed by atoms with Crippen LogP contribution < -0.4 is 19.9 Å². The first-order valence-electron chi connectivity index (χ1n) is 5.32. The van der Waals surface area contributed by atoms with E-state index in [0.29, 0.717) is 28.2 Å². The maximum absolute atomic E-state index is 5.81. The van der Waals surface area contributed by atoms with Gasteiger partial charge < -0.3 is 19.9 Å². The molecule has 1 aromatic carbocycles. The van der Waals surface area contributed by atoms with Crippen molar-refractivity contribution in [3.05, 3.63) is 29.3 Å². The Morgan fingerprint density at radius 1 is 1.05 bits per heavy atom. The van der Waals surface area contributed by atoms with Crippen molar-refractivity contribution in [2.75, 3.05) is 20.0 Å². The first-order valence-corrected chi connectivity index (χ1v) is 5.70. The average molecular weight is 282 g/mol. The number of rotatable bonds is 4. The number of aromatic nitrogens is 2. The Morgan fingerprint density at radius 3 is 2.21 bits per heavy atom. The van der Waals surface area contributed by atoms with Gasteiger partial charge in [0.15, 0.2) is 5.75 Å². The Morgan fingerprint density at radius 2 is 1.68 bits per heavy atom. The quantitative estimate of drug-likeness (QED) is 0.868. The Balaban J connectivity index is 2.31. The minimum atomic E-state index is 0.0743. The maximum atomic E-state index is 5.81. The number of ether oxygens (including phenoxy) is 3. The van der Waals surface area contributed by atoms with Crippen molar-refractivity contribution in [1.82, 2.24) is 9.97 Å². The molecule has 6 nitrogen and oxygen atoms in total. The topological polar surface area (TPSA) is 79.5 Å². The van der Waals surface area contributed by atoms with Crippen LogP contribution in [-0.2, 0) is 0 Å². The standard InChI is InChI=1S/C12H12ClN3O3/c1-17-10-6-11(18-2)16-12(15-10)19-9-4-3-7(13)5-8(9)14/h3-6H,14H2,1-2H3. The van der Waals surface area contributed by atoms with Crippen LogP contribution in [0, 0.1) is 0 Å². The third-order valence-electron chi connectivity index (χ3n) is 2.25. The summed E-state index contributed by atoms with van der Waals surface area (Å²) in [4.78, 5) is 8.07. The molecule has 2 rings (SSSR count). The van der Waals surface area contributed by atoms with E-state index in [2.05, 4.69) is 9.97 Å². The lowest BCUT2D eigenvalue weighted by atomic mass is 10.3. The summed E-state index contributed by atoms with van der Waals surface area (Å²) >= 11 is 5.81. The number of hydrogen-bond acceptors (Lipinski definition) is 6. The lowest BCUT2D eigenvalue weighted by Crippen LogP contribution is -1.99. The highest BCUT2D eigenvalue weighted by Gasteiger charge is 2.09. The third kappa shape index (κ3) is 3.17. The van der Waals surface area contributed by atoms with Crippen LogP contribution in [0.3, 0.4) is 0 Å². The number of anilines is 1. The first-order chi connectivity index (χ1) is 9.12. The van der Waals surface area contributed by atoms with Crippen LogP contribution in [0.5, 0.6) is 23.5 Å². The number of halogens is 1. The molecule has 7 heteroatoms. The minimum Gasteiger partial charge on any atom is -0.481 e.